The van der Waals surface area contributed by atoms with Gasteiger partial charge in [-0.05, 0) is 12.1 Å². The summed E-state index contributed by atoms with van der Waals surface area (Å²) >= 11 is 0. The number of hydrogen-bond donors (Lipinski definition) is 2. The van der Waals surface area contributed by atoms with Gasteiger partial charge in [0.05, 0.1) is 29.9 Å². The number of nitro benzene ring substituents is 1. The molecule has 3 N–H and O–H groups in total. The smallest absolute Gasteiger partial charge is 0.306 e. The molecule has 10 heteroatoms. The number of carbonyl (C=O) groups is 1. The van der Waals surface area contributed by atoms with Crippen molar-refractivity contribution in [3.05, 3.63) is 46.0 Å². The maximum absolute atomic E-state index is 13.2. The molecule has 0 aliphatic heterocycles. The van der Waals surface area contributed by atoms with E-state index in [9.17, 15) is 19.3 Å². The highest BCUT2D eigenvalue weighted by molar-refractivity contribution is 5.77. The molecule has 9 nitrogen and oxygen atoms in total. The predicted molar refractivity (Wildman–Crippen MR) is 68.9 cm³/mol. The largest absolute Gasteiger partial charge is 0.349 e. The lowest BCUT2D eigenvalue weighted by Crippen LogP contribution is -2.29. The number of carbonyl (C=O) groups excluding carboxylic acids is 1. The molecule has 1 aromatic heterocycles. The molecule has 0 aliphatic carbocycles. The zero-order valence-corrected chi connectivity index (χ0v) is 10.7. The lowest BCUT2D eigenvalue weighted by Gasteiger charge is -2.01. The van der Waals surface area contributed by atoms with Gasteiger partial charge < -0.3 is 11.1 Å². The number of rotatable bonds is 5. The summed E-state index contributed by atoms with van der Waals surface area (Å²) in [6.07, 6.45) is 1.47. The van der Waals surface area contributed by atoms with Gasteiger partial charge in [-0.1, -0.05) is 5.21 Å². The Morgan fingerprint density at radius 3 is 2.95 bits per heavy atom. The van der Waals surface area contributed by atoms with Gasteiger partial charge in [-0.15, -0.1) is 5.10 Å². The molecule has 0 bridgehead atoms. The Hall–Kier alpha value is -2.88. The normalized spacial score (nSPS) is 10.4. The van der Waals surface area contributed by atoms with Crippen LogP contribution in [-0.4, -0.2) is 32.4 Å². The molecule has 0 saturated carbocycles. The van der Waals surface area contributed by atoms with Gasteiger partial charge >= 0.3 is 5.69 Å². The van der Waals surface area contributed by atoms with Crippen molar-refractivity contribution in [3.8, 4) is 5.69 Å². The summed E-state index contributed by atoms with van der Waals surface area (Å²) in [6, 6.07) is 3.36. The number of nitrogens with two attached hydrogens (primary N) is 1. The lowest BCUT2D eigenvalue weighted by atomic mass is 10.2. The highest BCUT2D eigenvalue weighted by atomic mass is 19.1. The zero-order valence-electron chi connectivity index (χ0n) is 10.7. The molecule has 0 radical (unpaired) electrons. The number of benzene rings is 1. The molecule has 0 aliphatic rings. The van der Waals surface area contributed by atoms with Gasteiger partial charge in [0, 0.05) is 6.07 Å². The van der Waals surface area contributed by atoms with E-state index in [2.05, 4.69) is 15.6 Å². The standard InChI is InChI=1S/C11H11FN6O3/c12-9-2-1-8(3-10(9)18(20)21)17-6-7(15-16-17)5-14-11(19)4-13/h1-3,6H,4-5,13H2,(H,14,19). The maximum Gasteiger partial charge on any atom is 0.306 e. The molecular weight excluding hydrogens is 283 g/mol. The SMILES string of the molecule is NCC(=O)NCc1cn(-c2ccc(F)c([N+](=O)[O-])c2)nn1. The Labute approximate surface area is 117 Å². The molecule has 1 heterocycles. The summed E-state index contributed by atoms with van der Waals surface area (Å²) in [7, 11) is 0. The highest BCUT2D eigenvalue weighted by Crippen LogP contribution is 2.20. The van der Waals surface area contributed by atoms with E-state index in [1.165, 1.54) is 16.9 Å². The van der Waals surface area contributed by atoms with Gasteiger partial charge in [0.15, 0.2) is 0 Å². The topological polar surface area (TPSA) is 129 Å². The minimum atomic E-state index is -0.931. The Bertz CT molecular complexity index is 686. The Morgan fingerprint density at radius 1 is 1.52 bits per heavy atom. The van der Waals surface area contributed by atoms with Crippen LogP contribution in [0.15, 0.2) is 24.4 Å². The molecule has 0 saturated heterocycles. The summed E-state index contributed by atoms with van der Waals surface area (Å²) in [6.45, 7) is -0.0163. The zero-order chi connectivity index (χ0) is 15.4. The fourth-order valence-corrected chi connectivity index (χ4v) is 1.55. The van der Waals surface area contributed by atoms with E-state index in [0.29, 0.717) is 5.69 Å². The van der Waals surface area contributed by atoms with Crippen molar-refractivity contribution in [2.24, 2.45) is 5.73 Å². The van der Waals surface area contributed by atoms with E-state index >= 15 is 0 Å². The molecule has 2 aromatic rings. The number of halogens is 1. The lowest BCUT2D eigenvalue weighted by molar-refractivity contribution is -0.387. The first-order valence-electron chi connectivity index (χ1n) is 5.83. The van der Waals surface area contributed by atoms with E-state index < -0.39 is 16.4 Å². The molecular formula is C11H11FN6O3. The maximum atomic E-state index is 13.2. The highest BCUT2D eigenvalue weighted by Gasteiger charge is 2.15. The number of nitrogens with zero attached hydrogens (tertiary/aromatic N) is 4. The summed E-state index contributed by atoms with van der Waals surface area (Å²) in [5, 5.41) is 20.7. The van der Waals surface area contributed by atoms with E-state index in [1.807, 2.05) is 0 Å². The molecule has 1 amide bonds. The molecule has 2 rings (SSSR count). The molecule has 0 spiro atoms. The van der Waals surface area contributed by atoms with Crippen LogP contribution in [0.4, 0.5) is 10.1 Å². The van der Waals surface area contributed by atoms with Crippen molar-refractivity contribution in [1.29, 1.82) is 0 Å². The van der Waals surface area contributed by atoms with Crippen molar-refractivity contribution in [1.82, 2.24) is 20.3 Å². The van der Waals surface area contributed by atoms with Crippen molar-refractivity contribution < 1.29 is 14.1 Å². The minimum absolute atomic E-state index is 0.124. The van der Waals surface area contributed by atoms with Crippen molar-refractivity contribution in [2.45, 2.75) is 6.54 Å². The summed E-state index contributed by atoms with van der Waals surface area (Å²) in [4.78, 5) is 20.9. The summed E-state index contributed by atoms with van der Waals surface area (Å²) in [5.41, 5.74) is 5.21. The molecule has 110 valence electrons. The van der Waals surface area contributed by atoms with Gasteiger partial charge in [-0.3, -0.25) is 14.9 Å². The fourth-order valence-electron chi connectivity index (χ4n) is 1.55. The van der Waals surface area contributed by atoms with E-state index in [-0.39, 0.29) is 24.7 Å². The number of hydrogen-bond acceptors (Lipinski definition) is 6. The van der Waals surface area contributed by atoms with Crippen molar-refractivity contribution >= 4 is 11.6 Å². The second-order valence-corrected chi connectivity index (χ2v) is 4.03. The van der Waals surface area contributed by atoms with Gasteiger partial charge in [0.2, 0.25) is 11.7 Å². The van der Waals surface area contributed by atoms with Gasteiger partial charge in [0.1, 0.15) is 5.69 Å². The molecule has 0 atom stereocenters. The Kier molecular flexibility index (Phi) is 4.18. The number of amides is 1. The Balaban J connectivity index is 2.19. The van der Waals surface area contributed by atoms with Crippen LogP contribution in [0.25, 0.3) is 5.69 Å². The fraction of sp³-hybridized carbons (Fsp3) is 0.182. The third kappa shape index (κ3) is 3.36. The third-order valence-electron chi connectivity index (χ3n) is 2.58. The van der Waals surface area contributed by atoms with Crippen LogP contribution in [0.5, 0.6) is 0 Å². The van der Waals surface area contributed by atoms with Crippen LogP contribution in [0.3, 0.4) is 0 Å². The van der Waals surface area contributed by atoms with Gasteiger partial charge in [-0.2, -0.15) is 4.39 Å². The first-order chi connectivity index (χ1) is 10.0. The van der Waals surface area contributed by atoms with Crippen LogP contribution in [0, 0.1) is 15.9 Å². The Morgan fingerprint density at radius 2 is 2.29 bits per heavy atom. The van der Waals surface area contributed by atoms with Crippen LogP contribution < -0.4 is 11.1 Å². The van der Waals surface area contributed by atoms with Crippen LogP contribution in [-0.2, 0) is 11.3 Å². The third-order valence-corrected chi connectivity index (χ3v) is 2.58. The summed E-state index contributed by atoms with van der Waals surface area (Å²) in [5.74, 6) is -1.28. The van der Waals surface area contributed by atoms with Crippen molar-refractivity contribution in [2.75, 3.05) is 6.54 Å². The van der Waals surface area contributed by atoms with Crippen LogP contribution >= 0.6 is 0 Å². The average Bonchev–Trinajstić information content (AvgIpc) is 2.93. The van der Waals surface area contributed by atoms with Crippen LogP contribution in [0.2, 0.25) is 0 Å². The number of nitrogens with one attached hydrogen (secondary N) is 1. The molecule has 1 aromatic carbocycles. The second-order valence-electron chi connectivity index (χ2n) is 4.03. The predicted octanol–water partition coefficient (Wildman–Crippen LogP) is -0.110. The van der Waals surface area contributed by atoms with Crippen LogP contribution in [0.1, 0.15) is 5.69 Å². The van der Waals surface area contributed by atoms with E-state index in [4.69, 9.17) is 5.73 Å². The summed E-state index contributed by atoms with van der Waals surface area (Å²) < 4.78 is 14.5. The minimum Gasteiger partial charge on any atom is -0.349 e. The van der Waals surface area contributed by atoms with Gasteiger partial charge in [-0.25, -0.2) is 4.68 Å². The number of aromatic nitrogens is 3. The first kappa shape index (κ1) is 14.5. The van der Waals surface area contributed by atoms with E-state index in [0.717, 1.165) is 12.1 Å². The molecule has 21 heavy (non-hydrogen) atoms. The second kappa shape index (κ2) is 6.05. The molecule has 0 fully saturated rings. The van der Waals surface area contributed by atoms with Crippen molar-refractivity contribution in [3.63, 3.8) is 0 Å². The number of nitro groups is 1. The van der Waals surface area contributed by atoms with Gasteiger partial charge in [0.25, 0.3) is 0 Å². The monoisotopic (exact) mass is 294 g/mol. The first-order valence-corrected chi connectivity index (χ1v) is 5.83. The quantitative estimate of drug-likeness (QED) is 0.584. The molecule has 0 unspecified atom stereocenters. The van der Waals surface area contributed by atoms with E-state index in [1.54, 1.807) is 0 Å². The average molecular weight is 294 g/mol.